The van der Waals surface area contributed by atoms with Crippen molar-refractivity contribution >= 4 is 130 Å². The first-order valence-corrected chi connectivity index (χ1v) is 48.1. The lowest BCUT2D eigenvalue weighted by Crippen LogP contribution is -2.62. The zero-order chi connectivity index (χ0) is 104. The van der Waals surface area contributed by atoms with E-state index in [0.29, 0.717) is 27.9 Å². The standard InChI is InChI=1S/C99H129N21O21S/c1-55(2)43-71-89(131)115-78(87(129)105-50-80(100)123)53-142-54-82(125)108-77(51-119-39-41-141-42-40-119)94(136)111-73(46-59-21-27-64(28-22-59)63-16-10-9-11-17-63)92(134)114-76(47-60-23-29-65(30-24-60)66-31-33-68(34-32-66)106-58(7)121)97(139)118(8)52-81(124)107-72(45-61-25-35-69(122)36-26-61)90(132)112-75(49-83(126)127)93(135)109-70(19-13-37-104-99(102)103)88(130)117-85(57(5)6)98(140)120-38-14-20-79(120)95(137)116-84(56(3)4)96(138)113-74(91(133)110-71)48-62-15-12-18-67(44-62)86(101)128/h9-12,15-18,21-36,44,55-57,70-79,84-85,122H,13-14,19-20,37-43,45-54H2,1-8H3,(H2,100,123)(H2,101,128)(H,105,129)(H,106,121)(H,107,124)(H,108,125)(H,109,135)(H,110,133)(H,111,136)(H,112,132)(H,113,138)(H,114,134)(H,115,131)(H,116,137)(H,117,130)(H,126,127)(H4,102,103,104)/t70-,71+,72+,73+,74+,75+,76+,77+,78+,79+,84+,85+/m1/s1. The number of benzene rings is 6. The number of phenolic OH excluding ortho intramolecular Hbond substituents is 1. The molecule has 0 radical (unpaired) electrons. The van der Waals surface area contributed by atoms with Crippen molar-refractivity contribution in [2.24, 2.45) is 35.0 Å². The van der Waals surface area contributed by atoms with E-state index in [4.69, 9.17) is 27.3 Å². The number of phenols is 1. The molecule has 3 aliphatic rings. The summed E-state index contributed by atoms with van der Waals surface area (Å²) in [6.07, 6.45) is -2.69. The molecular weight excluding hydrogens is 1850 g/mol. The summed E-state index contributed by atoms with van der Waals surface area (Å²) in [5.74, 6) is -20.8. The number of anilines is 1. The number of carboxylic acid groups (broad SMARTS) is 1. The molecule has 0 aromatic heterocycles. The topological polar surface area (TPSA) is 637 Å². The maximum absolute atomic E-state index is 15.8. The summed E-state index contributed by atoms with van der Waals surface area (Å²) in [5.41, 5.74) is 21.9. The van der Waals surface area contributed by atoms with Crippen LogP contribution < -0.4 is 91.6 Å². The maximum atomic E-state index is 15.8. The number of amides is 17. The van der Waals surface area contributed by atoms with Crippen molar-refractivity contribution in [3.8, 4) is 28.0 Å². The highest BCUT2D eigenvalue weighted by atomic mass is 32.2. The molecule has 3 aliphatic heterocycles. The van der Waals surface area contributed by atoms with E-state index in [-0.39, 0.29) is 126 Å². The van der Waals surface area contributed by atoms with Crippen molar-refractivity contribution in [1.29, 1.82) is 5.41 Å². The number of carbonyl (C=O) groups excluding carboxylic acids is 17. The van der Waals surface area contributed by atoms with E-state index < -0.39 is 228 Å². The Morgan fingerprint density at radius 1 is 0.507 bits per heavy atom. The second-order valence-corrected chi connectivity index (χ2v) is 37.4. The summed E-state index contributed by atoms with van der Waals surface area (Å²) in [5, 5.41) is 65.8. The van der Waals surface area contributed by atoms with Crippen molar-refractivity contribution < 1.29 is 101 Å². The van der Waals surface area contributed by atoms with E-state index in [2.05, 4.69) is 74.4 Å². The van der Waals surface area contributed by atoms with Crippen LogP contribution in [0.25, 0.3) is 22.3 Å². The van der Waals surface area contributed by atoms with Gasteiger partial charge in [-0.15, -0.1) is 11.8 Å². The minimum absolute atomic E-state index is 0.0201. The third-order valence-corrected chi connectivity index (χ3v) is 24.9. The number of primary amides is 2. The van der Waals surface area contributed by atoms with Crippen LogP contribution in [0.2, 0.25) is 0 Å². The fourth-order valence-corrected chi connectivity index (χ4v) is 17.2. The number of hydrogen-bond donors (Lipinski definition) is 20. The highest BCUT2D eigenvalue weighted by Gasteiger charge is 2.44. The Labute approximate surface area is 826 Å². The van der Waals surface area contributed by atoms with Gasteiger partial charge in [-0.3, -0.25) is 96.6 Å². The first kappa shape index (κ1) is 111. The number of guanidine groups is 1. The average Bonchev–Trinajstić information content (AvgIpc) is 1.65. The molecule has 0 saturated carbocycles. The smallest absolute Gasteiger partial charge is 0.305 e. The van der Waals surface area contributed by atoms with Crippen molar-refractivity contribution in [3.63, 3.8) is 0 Å². The summed E-state index contributed by atoms with van der Waals surface area (Å²) >= 11 is 0.800. The molecule has 43 heteroatoms. The molecule has 0 unspecified atom stereocenters. The zero-order valence-electron chi connectivity index (χ0n) is 80.6. The molecular formula is C99H129N21O21S. The average molecular weight is 1980 g/mol. The lowest BCUT2D eigenvalue weighted by molar-refractivity contribution is -0.144. The molecule has 23 N–H and O–H groups in total. The van der Waals surface area contributed by atoms with E-state index in [1.807, 2.05) is 35.2 Å². The molecule has 12 atom stereocenters. The summed E-state index contributed by atoms with van der Waals surface area (Å²) < 4.78 is 5.65. The Bertz CT molecular complexity index is 5480. The van der Waals surface area contributed by atoms with Crippen molar-refractivity contribution in [1.82, 2.24) is 83.8 Å². The number of carbonyl (C=O) groups is 18. The van der Waals surface area contributed by atoms with Crippen molar-refractivity contribution in [2.75, 3.05) is 82.9 Å². The predicted molar refractivity (Wildman–Crippen MR) is 527 cm³/mol. The van der Waals surface area contributed by atoms with Crippen LogP contribution >= 0.6 is 11.8 Å². The predicted octanol–water partition coefficient (Wildman–Crippen LogP) is -0.387. The highest BCUT2D eigenvalue weighted by Crippen LogP contribution is 2.27. The van der Waals surface area contributed by atoms with Crippen LogP contribution in [0.4, 0.5) is 5.69 Å². The second-order valence-electron chi connectivity index (χ2n) is 36.4. The van der Waals surface area contributed by atoms with Gasteiger partial charge in [0.05, 0.1) is 38.5 Å². The fraction of sp³-hybridized carbons (Fsp3) is 0.444. The number of aromatic hydroxyl groups is 1. The lowest BCUT2D eigenvalue weighted by atomic mass is 9.98. The monoisotopic (exact) mass is 1980 g/mol. The summed E-state index contributed by atoms with van der Waals surface area (Å²) in [7, 11) is 1.23. The van der Waals surface area contributed by atoms with Gasteiger partial charge in [0.15, 0.2) is 5.96 Å². The number of nitrogens with two attached hydrogens (primary N) is 3. The van der Waals surface area contributed by atoms with Crippen LogP contribution in [0.3, 0.4) is 0 Å². The molecule has 3 saturated heterocycles. The summed E-state index contributed by atoms with van der Waals surface area (Å²) in [4.78, 5) is 264. The van der Waals surface area contributed by atoms with Gasteiger partial charge in [0.25, 0.3) is 0 Å². The van der Waals surface area contributed by atoms with Gasteiger partial charge < -0.3 is 116 Å². The molecule has 6 aromatic rings. The van der Waals surface area contributed by atoms with Gasteiger partial charge >= 0.3 is 5.97 Å². The van der Waals surface area contributed by atoms with Gasteiger partial charge in [-0.25, -0.2) is 0 Å². The minimum atomic E-state index is -2.05. The first-order valence-electron chi connectivity index (χ1n) is 46.9. The molecule has 3 fully saturated rings. The van der Waals surface area contributed by atoms with Gasteiger partial charge in [-0.05, 0) is 131 Å². The van der Waals surface area contributed by atoms with Crippen molar-refractivity contribution in [2.45, 2.75) is 185 Å². The first-order chi connectivity index (χ1) is 67.5. The largest absolute Gasteiger partial charge is 0.508 e. The van der Waals surface area contributed by atoms with E-state index in [1.54, 1.807) is 114 Å². The fourth-order valence-electron chi connectivity index (χ4n) is 16.3. The van der Waals surface area contributed by atoms with Crippen LogP contribution in [0, 0.1) is 23.2 Å². The third-order valence-electron chi connectivity index (χ3n) is 23.8. The summed E-state index contributed by atoms with van der Waals surface area (Å²) in [6.45, 7) is 10.3. The minimum Gasteiger partial charge on any atom is -0.508 e. The molecule has 17 amide bonds. The molecule has 6 aromatic carbocycles. The Morgan fingerprint density at radius 3 is 1.56 bits per heavy atom. The van der Waals surface area contributed by atoms with E-state index in [9.17, 15) is 63.0 Å². The van der Waals surface area contributed by atoms with Crippen LogP contribution in [0.15, 0.2) is 152 Å². The lowest BCUT2D eigenvalue weighted by Gasteiger charge is -2.33. The van der Waals surface area contributed by atoms with Gasteiger partial charge in [-0.1, -0.05) is 157 Å². The van der Waals surface area contributed by atoms with Gasteiger partial charge in [-0.2, -0.15) is 0 Å². The van der Waals surface area contributed by atoms with Crippen molar-refractivity contribution in [3.05, 3.63) is 179 Å². The second kappa shape index (κ2) is 54.1. The number of thioether (sulfide) groups is 1. The van der Waals surface area contributed by atoms with Gasteiger partial charge in [0, 0.05) is 89.4 Å². The molecule has 3 heterocycles. The number of hydrogen-bond acceptors (Lipinski definition) is 23. The van der Waals surface area contributed by atoms with Crippen LogP contribution in [-0.4, -0.2) is 287 Å². The Balaban J connectivity index is 1.13. The summed E-state index contributed by atoms with van der Waals surface area (Å²) in [6, 6.07) is 22.2. The van der Waals surface area contributed by atoms with Gasteiger partial charge in [0.2, 0.25) is 100 Å². The molecule has 42 nitrogen and oxygen atoms in total. The number of aliphatic carboxylic acids is 1. The quantitative estimate of drug-likeness (QED) is 0.0177. The number of ether oxygens (including phenoxy) is 1. The molecule has 142 heavy (non-hydrogen) atoms. The molecule has 0 spiro atoms. The number of nitrogens with zero attached hydrogens (tertiary/aromatic N) is 3. The Hall–Kier alpha value is -14.9. The molecule has 9 rings (SSSR count). The SMILES string of the molecule is CC(=O)Nc1ccc(-c2ccc(C[C@@H]3NC(=O)[C@H](Cc4ccc(-c5ccccc5)cc4)NC(=O)[C@H](CN4CCOCC4)NC(=O)CSC[C@@H](C(=O)NCC(N)=O)NC(=O)[C@H](CC(C)C)NC(=O)[C@H](Cc4cccc(C(N)=O)c4)NC(=O)[C@H](C(C)C)NC(=O)[C@@H]4CCCN4C(=O)[C@H](C(C)C)NC(=O)[C@@H](CCCNC(=N)N)NC(=O)[C@H](CC(=O)O)NC(=O)[C@H](Cc4ccc(O)cc4)NC(=O)CN(C)C3=O)cc2)cc1. The van der Waals surface area contributed by atoms with E-state index >= 15 is 33.6 Å². The van der Waals surface area contributed by atoms with Gasteiger partial charge in [0.1, 0.15) is 78.3 Å². The van der Waals surface area contributed by atoms with E-state index in [0.717, 1.165) is 33.4 Å². The number of rotatable bonds is 27. The van der Waals surface area contributed by atoms with Crippen LogP contribution in [-0.2, 0) is 112 Å². The van der Waals surface area contributed by atoms with Crippen LogP contribution in [0.5, 0.6) is 5.75 Å². The normalized spacial score (nSPS) is 22.3. The number of fused-ring (bicyclic) bond motifs is 1. The molecule has 0 bridgehead atoms. The number of likely N-dealkylation sites (N-methyl/N-ethyl adjacent to an activating group) is 1. The number of nitrogens with one attached hydrogen (secondary N) is 15. The zero-order valence-corrected chi connectivity index (χ0v) is 81.4. The number of carboxylic acids is 1. The number of morpholine rings is 1. The Kier molecular flexibility index (Phi) is 42.2. The third kappa shape index (κ3) is 34.9. The molecule has 762 valence electrons. The van der Waals surface area contributed by atoms with Crippen LogP contribution in [0.1, 0.15) is 120 Å². The molecule has 0 aliphatic carbocycles. The van der Waals surface area contributed by atoms with E-state index in [1.165, 1.54) is 67.4 Å². The Morgan fingerprint density at radius 2 is 1.00 bits per heavy atom. The maximum Gasteiger partial charge on any atom is 0.305 e. The highest BCUT2D eigenvalue weighted by molar-refractivity contribution is 8.00.